The maximum Gasteiger partial charge on any atom is 0.311 e. The molecule has 3 fully saturated rings. The van der Waals surface area contributed by atoms with E-state index >= 15 is 0 Å². The second-order valence-electron chi connectivity index (χ2n) is 11.7. The maximum atomic E-state index is 11.7. The Morgan fingerprint density at radius 2 is 2.10 bits per heavy atom. The summed E-state index contributed by atoms with van der Waals surface area (Å²) in [6, 6.07) is 13.7. The van der Waals surface area contributed by atoms with E-state index in [1.54, 1.807) is 11.3 Å². The fraction of sp³-hybridized carbons (Fsp3) is 0.484. The Hall–Kier alpha value is -2.94. The molecule has 2 saturated heterocycles. The highest BCUT2D eigenvalue weighted by Crippen LogP contribution is 2.58. The van der Waals surface area contributed by atoms with Gasteiger partial charge in [0.05, 0.1) is 11.1 Å². The van der Waals surface area contributed by atoms with Crippen LogP contribution < -0.4 is 9.64 Å². The van der Waals surface area contributed by atoms with Gasteiger partial charge < -0.3 is 19.5 Å². The van der Waals surface area contributed by atoms with Gasteiger partial charge in [-0.15, -0.1) is 11.3 Å². The lowest BCUT2D eigenvalue weighted by Crippen LogP contribution is -2.42. The number of carboxylic acid groups (broad SMARTS) is 1. The third-order valence-electron chi connectivity index (χ3n) is 9.23. The summed E-state index contributed by atoms with van der Waals surface area (Å²) in [5.74, 6) is 0.450. The van der Waals surface area contributed by atoms with E-state index in [2.05, 4.69) is 52.4 Å². The van der Waals surface area contributed by atoms with E-state index in [1.165, 1.54) is 16.7 Å². The van der Waals surface area contributed by atoms with Crippen molar-refractivity contribution < 1.29 is 19.4 Å². The van der Waals surface area contributed by atoms with Crippen LogP contribution in [-0.4, -0.2) is 59.8 Å². The first-order valence-electron chi connectivity index (χ1n) is 14.1. The quantitative estimate of drug-likeness (QED) is 0.440. The number of aryl methyl sites for hydroxylation is 1. The Morgan fingerprint density at radius 1 is 1.23 bits per heavy atom. The summed E-state index contributed by atoms with van der Waals surface area (Å²) in [6.45, 7) is 7.84. The molecule has 7 rings (SSSR count). The van der Waals surface area contributed by atoms with Gasteiger partial charge in [0, 0.05) is 56.4 Å². The Kier molecular flexibility index (Phi) is 6.37. The predicted octanol–water partition coefficient (Wildman–Crippen LogP) is 5.15. The molecule has 8 heteroatoms. The van der Waals surface area contributed by atoms with Gasteiger partial charge in [-0.25, -0.2) is 4.98 Å². The molecule has 0 bridgehead atoms. The number of carboxylic acids is 1. The number of benzene rings is 2. The van der Waals surface area contributed by atoms with Crippen LogP contribution in [0.5, 0.6) is 5.75 Å². The van der Waals surface area contributed by atoms with Crippen LogP contribution in [0.15, 0.2) is 41.8 Å². The highest BCUT2D eigenvalue weighted by atomic mass is 32.1. The minimum absolute atomic E-state index is 0.252. The maximum absolute atomic E-state index is 11.7. The van der Waals surface area contributed by atoms with Crippen molar-refractivity contribution in [3.8, 4) is 17.0 Å². The highest BCUT2D eigenvalue weighted by molar-refractivity contribution is 7.14. The average Bonchev–Trinajstić information content (AvgIpc) is 3.28. The summed E-state index contributed by atoms with van der Waals surface area (Å²) in [6.07, 6.45) is 4.16. The normalized spacial score (nSPS) is 24.8. The molecule has 0 spiro atoms. The van der Waals surface area contributed by atoms with Crippen molar-refractivity contribution in [3.05, 3.63) is 64.0 Å². The number of rotatable bonds is 7. The zero-order chi connectivity index (χ0) is 26.6. The van der Waals surface area contributed by atoms with Crippen molar-refractivity contribution in [2.75, 3.05) is 37.7 Å². The molecule has 4 heterocycles. The number of hydrogen-bond acceptors (Lipinski definition) is 7. The smallest absolute Gasteiger partial charge is 0.311 e. The molecule has 3 aliphatic heterocycles. The third kappa shape index (κ3) is 4.62. The highest BCUT2D eigenvalue weighted by Gasteiger charge is 2.65. The molecule has 2 aromatic carbocycles. The van der Waals surface area contributed by atoms with Crippen LogP contribution in [0.4, 0.5) is 5.13 Å². The summed E-state index contributed by atoms with van der Waals surface area (Å²) in [5.41, 5.74) is 6.47. The van der Waals surface area contributed by atoms with Crippen LogP contribution in [0.2, 0.25) is 0 Å². The van der Waals surface area contributed by atoms with E-state index in [-0.39, 0.29) is 5.92 Å². The first-order chi connectivity index (χ1) is 19.0. The number of piperidine rings is 1. The van der Waals surface area contributed by atoms with Gasteiger partial charge in [-0.2, -0.15) is 0 Å². The molecule has 0 unspecified atom stereocenters. The van der Waals surface area contributed by atoms with E-state index in [0.717, 1.165) is 86.2 Å². The second-order valence-corrected chi connectivity index (χ2v) is 12.5. The zero-order valence-electron chi connectivity index (χ0n) is 22.4. The van der Waals surface area contributed by atoms with Crippen LogP contribution >= 0.6 is 11.3 Å². The second kappa shape index (κ2) is 9.91. The number of para-hydroxylation sites is 1. The van der Waals surface area contributed by atoms with Crippen LogP contribution in [-0.2, 0) is 29.1 Å². The van der Waals surface area contributed by atoms with Crippen LogP contribution in [0.3, 0.4) is 0 Å². The third-order valence-corrected chi connectivity index (χ3v) is 10.1. The molecule has 2 atom stereocenters. The number of anilines is 1. The lowest BCUT2D eigenvalue weighted by atomic mass is 9.95. The lowest BCUT2D eigenvalue weighted by molar-refractivity contribution is -0.143. The Labute approximate surface area is 233 Å². The lowest BCUT2D eigenvalue weighted by Gasteiger charge is -2.37. The van der Waals surface area contributed by atoms with Crippen molar-refractivity contribution in [2.45, 2.75) is 51.8 Å². The molecule has 4 aliphatic rings. The van der Waals surface area contributed by atoms with Gasteiger partial charge in [0.25, 0.3) is 0 Å². The van der Waals surface area contributed by atoms with Crippen LogP contribution in [0.1, 0.15) is 41.5 Å². The fourth-order valence-electron chi connectivity index (χ4n) is 6.77. The first-order valence-corrected chi connectivity index (χ1v) is 15.0. The van der Waals surface area contributed by atoms with E-state index in [4.69, 9.17) is 14.5 Å². The van der Waals surface area contributed by atoms with Crippen LogP contribution in [0.25, 0.3) is 11.3 Å². The summed E-state index contributed by atoms with van der Waals surface area (Å²) in [4.78, 5) is 21.4. The number of nitrogens with zero attached hydrogens (tertiary/aromatic N) is 3. The number of ether oxygens (including phenoxy) is 2. The predicted molar refractivity (Wildman–Crippen MR) is 151 cm³/mol. The number of thiazole rings is 1. The van der Waals surface area contributed by atoms with Gasteiger partial charge >= 0.3 is 5.97 Å². The summed E-state index contributed by atoms with van der Waals surface area (Å²) in [7, 11) is 0. The molecule has 3 aromatic rings. The molecular weight excluding hydrogens is 510 g/mol. The number of fused-ring (bicyclic) bond motifs is 2. The zero-order valence-corrected chi connectivity index (χ0v) is 23.2. The number of aliphatic carboxylic acids is 1. The van der Waals surface area contributed by atoms with E-state index < -0.39 is 11.4 Å². The molecule has 1 aromatic heterocycles. The minimum Gasteiger partial charge on any atom is -0.488 e. The number of carbonyl (C=O) groups is 1. The Bertz CT molecular complexity index is 1400. The van der Waals surface area contributed by atoms with Crippen LogP contribution in [0, 0.1) is 18.3 Å². The van der Waals surface area contributed by atoms with Crippen molar-refractivity contribution in [1.82, 2.24) is 9.88 Å². The summed E-state index contributed by atoms with van der Waals surface area (Å²) >= 11 is 1.58. The molecule has 7 nitrogen and oxygen atoms in total. The van der Waals surface area contributed by atoms with Gasteiger partial charge in [-0.1, -0.05) is 30.3 Å². The monoisotopic (exact) mass is 545 g/mol. The molecule has 1 saturated carbocycles. The fourth-order valence-corrected chi connectivity index (χ4v) is 7.61. The minimum atomic E-state index is -0.667. The van der Waals surface area contributed by atoms with Gasteiger partial charge in [0.2, 0.25) is 0 Å². The Morgan fingerprint density at radius 3 is 2.92 bits per heavy atom. The topological polar surface area (TPSA) is 75.1 Å². The molecule has 1 N–H and O–H groups in total. The van der Waals surface area contributed by atoms with Gasteiger partial charge in [0.1, 0.15) is 12.4 Å². The summed E-state index contributed by atoms with van der Waals surface area (Å²) in [5, 5.41) is 12.6. The molecular formula is C31H35N3O4S. The molecule has 39 heavy (non-hydrogen) atoms. The van der Waals surface area contributed by atoms with Crippen molar-refractivity contribution >= 4 is 22.4 Å². The standard InChI is InChI=1S/C31H35N3O4S/c1-20-3-2-4-26(27-18-39-30(32-27)34-16-24-14-31(24,19-34)29(35)36)28(20)38-17-21-5-6-23-15-33(10-7-22(23)13-21)25-8-11-37-12-9-25/h2-6,13,18,24-25H,7-12,14-17,19H2,1H3,(H,35,36)/t24-,31-/m0/s1. The van der Waals surface area contributed by atoms with E-state index in [0.29, 0.717) is 19.2 Å². The number of hydrogen-bond donors (Lipinski definition) is 1. The van der Waals surface area contributed by atoms with Crippen molar-refractivity contribution in [3.63, 3.8) is 0 Å². The number of aromatic nitrogens is 1. The first kappa shape index (κ1) is 25.1. The molecule has 0 radical (unpaired) electrons. The van der Waals surface area contributed by atoms with E-state index in [1.807, 2.05) is 6.07 Å². The summed E-state index contributed by atoms with van der Waals surface area (Å²) < 4.78 is 12.0. The van der Waals surface area contributed by atoms with Crippen molar-refractivity contribution in [1.29, 1.82) is 0 Å². The molecule has 204 valence electrons. The molecule has 0 amide bonds. The van der Waals surface area contributed by atoms with Gasteiger partial charge in [-0.05, 0) is 66.8 Å². The van der Waals surface area contributed by atoms with Gasteiger partial charge in [0.15, 0.2) is 5.13 Å². The average molecular weight is 546 g/mol. The Balaban J connectivity index is 1.04. The largest absolute Gasteiger partial charge is 0.488 e. The van der Waals surface area contributed by atoms with Gasteiger partial charge in [-0.3, -0.25) is 9.69 Å². The SMILES string of the molecule is Cc1cccc(-c2csc(N3C[C@@H]4C[C@]4(C(=O)O)C3)n2)c1OCc1ccc2c(c1)CCN(C1CCOCC1)C2. The molecule has 1 aliphatic carbocycles. The van der Waals surface area contributed by atoms with E-state index in [9.17, 15) is 9.90 Å². The van der Waals surface area contributed by atoms with Crippen molar-refractivity contribution in [2.24, 2.45) is 11.3 Å².